The van der Waals surface area contributed by atoms with Crippen molar-refractivity contribution in [2.75, 3.05) is 0 Å². The molecule has 0 aromatic rings. The molecule has 134 valence electrons. The maximum absolute atomic E-state index is 11.7. The molecule has 0 heterocycles. The van der Waals surface area contributed by atoms with Crippen LogP contribution in [0.3, 0.4) is 0 Å². The van der Waals surface area contributed by atoms with Crippen molar-refractivity contribution in [3.63, 3.8) is 0 Å². The Bertz CT molecular complexity index is 359. The third-order valence-electron chi connectivity index (χ3n) is 3.83. The van der Waals surface area contributed by atoms with Crippen LogP contribution in [0, 0.1) is 0 Å². The highest BCUT2D eigenvalue weighted by Crippen LogP contribution is 2.10. The second-order valence-electron chi connectivity index (χ2n) is 6.03. The van der Waals surface area contributed by atoms with E-state index in [1.54, 1.807) is 0 Å². The summed E-state index contributed by atoms with van der Waals surface area (Å²) in [5.74, 6) is -1.93. The van der Waals surface area contributed by atoms with Gasteiger partial charge in [0.05, 0.1) is 0 Å². The predicted molar refractivity (Wildman–Crippen MR) is 89.8 cm³/mol. The number of nitrogens with one attached hydrogen (secondary N) is 1. The van der Waals surface area contributed by atoms with Crippen molar-refractivity contribution in [3.05, 3.63) is 0 Å². The lowest BCUT2D eigenvalue weighted by atomic mass is 10.1. The normalized spacial score (nSPS) is 11.9. The second kappa shape index (κ2) is 14.0. The van der Waals surface area contributed by atoms with E-state index < -0.39 is 17.9 Å². The predicted octanol–water partition coefficient (Wildman–Crippen LogP) is 2.74. The van der Waals surface area contributed by atoms with Crippen LogP contribution in [-0.4, -0.2) is 28.9 Å². The highest BCUT2D eigenvalue weighted by molar-refractivity contribution is 5.86. The fourth-order valence-corrected chi connectivity index (χ4v) is 2.42. The maximum atomic E-state index is 11.7. The van der Waals surface area contributed by atoms with Gasteiger partial charge >= 0.3 is 5.97 Å². The van der Waals surface area contributed by atoms with E-state index in [2.05, 4.69) is 12.2 Å². The van der Waals surface area contributed by atoms with E-state index >= 15 is 0 Å². The second-order valence-corrected chi connectivity index (χ2v) is 6.03. The molecule has 0 aliphatic carbocycles. The fraction of sp³-hybridized carbons (Fsp3) is 0.824. The first-order valence-corrected chi connectivity index (χ1v) is 8.77. The van der Waals surface area contributed by atoms with E-state index in [9.17, 15) is 14.4 Å². The molecule has 0 saturated carbocycles. The first-order chi connectivity index (χ1) is 11.0. The number of primary amides is 1. The summed E-state index contributed by atoms with van der Waals surface area (Å²) < 4.78 is 0. The molecule has 0 bridgehead atoms. The van der Waals surface area contributed by atoms with E-state index in [0.29, 0.717) is 6.42 Å². The van der Waals surface area contributed by atoms with Gasteiger partial charge in [-0.3, -0.25) is 14.4 Å². The number of rotatable bonds is 15. The van der Waals surface area contributed by atoms with Gasteiger partial charge in [-0.2, -0.15) is 0 Å². The minimum absolute atomic E-state index is 0.0359. The molecule has 0 rings (SSSR count). The number of nitrogens with two attached hydrogens (primary N) is 1. The number of carbonyl (C=O) groups excluding carboxylic acids is 2. The van der Waals surface area contributed by atoms with Gasteiger partial charge < -0.3 is 16.2 Å². The molecule has 4 N–H and O–H groups in total. The van der Waals surface area contributed by atoms with Gasteiger partial charge in [-0.25, -0.2) is 0 Å². The van der Waals surface area contributed by atoms with Crippen LogP contribution in [0.1, 0.15) is 84.0 Å². The number of carbonyl (C=O) groups is 3. The van der Waals surface area contributed by atoms with Gasteiger partial charge in [0.15, 0.2) is 0 Å². The Morgan fingerprint density at radius 1 is 0.913 bits per heavy atom. The Hall–Kier alpha value is -1.59. The van der Waals surface area contributed by atoms with E-state index in [0.717, 1.165) is 19.3 Å². The van der Waals surface area contributed by atoms with Crippen molar-refractivity contribution >= 4 is 17.8 Å². The third-order valence-corrected chi connectivity index (χ3v) is 3.83. The highest BCUT2D eigenvalue weighted by atomic mass is 16.4. The lowest BCUT2D eigenvalue weighted by molar-refractivity contribution is -0.137. The van der Waals surface area contributed by atoms with Gasteiger partial charge in [0, 0.05) is 12.8 Å². The van der Waals surface area contributed by atoms with Crippen molar-refractivity contribution in [2.24, 2.45) is 5.73 Å². The van der Waals surface area contributed by atoms with E-state index in [1.165, 1.54) is 38.5 Å². The molecule has 0 aliphatic rings. The smallest absolute Gasteiger partial charge is 0.303 e. The van der Waals surface area contributed by atoms with Crippen LogP contribution >= 0.6 is 0 Å². The third kappa shape index (κ3) is 13.8. The molecule has 23 heavy (non-hydrogen) atoms. The number of unbranched alkanes of at least 4 members (excludes halogenated alkanes) is 8. The molecule has 6 heteroatoms. The summed E-state index contributed by atoms with van der Waals surface area (Å²) >= 11 is 0. The van der Waals surface area contributed by atoms with Crippen LogP contribution in [0.25, 0.3) is 0 Å². The van der Waals surface area contributed by atoms with E-state index in [-0.39, 0.29) is 18.7 Å². The molecule has 6 nitrogen and oxygen atoms in total. The zero-order chi connectivity index (χ0) is 17.5. The molecule has 0 aromatic heterocycles. The zero-order valence-electron chi connectivity index (χ0n) is 14.3. The first-order valence-electron chi connectivity index (χ1n) is 8.77. The molecule has 0 spiro atoms. The van der Waals surface area contributed by atoms with Crippen LogP contribution in [-0.2, 0) is 14.4 Å². The summed E-state index contributed by atoms with van der Waals surface area (Å²) in [5.41, 5.74) is 5.17. The molecule has 0 fully saturated rings. The zero-order valence-corrected chi connectivity index (χ0v) is 14.3. The van der Waals surface area contributed by atoms with Crippen LogP contribution in [0.5, 0.6) is 0 Å². The van der Waals surface area contributed by atoms with Crippen LogP contribution < -0.4 is 11.1 Å². The summed E-state index contributed by atoms with van der Waals surface area (Å²) in [4.78, 5) is 33.4. The van der Waals surface area contributed by atoms with Crippen molar-refractivity contribution in [3.8, 4) is 0 Å². The van der Waals surface area contributed by atoms with Gasteiger partial charge in [0.1, 0.15) is 6.04 Å². The summed E-state index contributed by atoms with van der Waals surface area (Å²) in [6.45, 7) is 2.20. The van der Waals surface area contributed by atoms with Crippen molar-refractivity contribution in [1.82, 2.24) is 5.32 Å². The lowest BCUT2D eigenvalue weighted by Gasteiger charge is -2.14. The molecule has 2 amide bonds. The molecule has 0 radical (unpaired) electrons. The quantitative estimate of drug-likeness (QED) is 0.401. The number of amides is 2. The first kappa shape index (κ1) is 21.4. The Balaban J connectivity index is 3.67. The highest BCUT2D eigenvalue weighted by Gasteiger charge is 2.18. The van der Waals surface area contributed by atoms with Gasteiger partial charge in [0.25, 0.3) is 0 Å². The largest absolute Gasteiger partial charge is 0.481 e. The Morgan fingerprint density at radius 3 is 1.91 bits per heavy atom. The lowest BCUT2D eigenvalue weighted by Crippen LogP contribution is -2.44. The van der Waals surface area contributed by atoms with E-state index in [4.69, 9.17) is 10.8 Å². The average molecular weight is 328 g/mol. The number of hydrogen-bond donors (Lipinski definition) is 3. The topological polar surface area (TPSA) is 109 Å². The SMILES string of the molecule is CCCCCCCCCCCC(=O)N[C@@H](CCC(=O)O)C(N)=O. The average Bonchev–Trinajstić information content (AvgIpc) is 2.49. The molecule has 0 saturated heterocycles. The molecule has 1 atom stereocenters. The number of hydrogen-bond acceptors (Lipinski definition) is 3. The molecule has 0 unspecified atom stereocenters. The van der Waals surface area contributed by atoms with Gasteiger partial charge in [0.2, 0.25) is 11.8 Å². The fourth-order valence-electron chi connectivity index (χ4n) is 2.42. The number of aliphatic carboxylic acids is 1. The number of carboxylic acids is 1. The summed E-state index contributed by atoms with van der Waals surface area (Å²) in [6, 6.07) is -0.892. The number of carboxylic acid groups (broad SMARTS) is 1. The van der Waals surface area contributed by atoms with Crippen LogP contribution in [0.4, 0.5) is 0 Å². The van der Waals surface area contributed by atoms with Crippen molar-refractivity contribution < 1.29 is 19.5 Å². The standard InChI is InChI=1S/C17H32N2O4/c1-2-3-4-5-6-7-8-9-10-11-15(20)19-14(17(18)23)12-13-16(21)22/h14H,2-13H2,1H3,(H2,18,23)(H,19,20)(H,21,22)/t14-/m0/s1. The van der Waals surface area contributed by atoms with Gasteiger partial charge in [-0.1, -0.05) is 58.3 Å². The van der Waals surface area contributed by atoms with Crippen molar-refractivity contribution in [1.29, 1.82) is 0 Å². The van der Waals surface area contributed by atoms with E-state index in [1.807, 2.05) is 0 Å². The monoisotopic (exact) mass is 328 g/mol. The molecule has 0 aliphatic heterocycles. The summed E-state index contributed by atoms with van der Waals surface area (Å²) in [6.07, 6.45) is 10.7. The van der Waals surface area contributed by atoms with Gasteiger partial charge in [-0.15, -0.1) is 0 Å². The minimum atomic E-state index is -1.01. The Kier molecular flexibility index (Phi) is 13.1. The summed E-state index contributed by atoms with van der Waals surface area (Å²) in [5, 5.41) is 11.1. The minimum Gasteiger partial charge on any atom is -0.481 e. The Morgan fingerprint density at radius 2 is 1.43 bits per heavy atom. The van der Waals surface area contributed by atoms with Crippen LogP contribution in [0.2, 0.25) is 0 Å². The van der Waals surface area contributed by atoms with Gasteiger partial charge in [-0.05, 0) is 12.8 Å². The molecular weight excluding hydrogens is 296 g/mol. The molecular formula is C17H32N2O4. The maximum Gasteiger partial charge on any atom is 0.303 e. The van der Waals surface area contributed by atoms with Crippen molar-refractivity contribution in [2.45, 2.75) is 90.0 Å². The van der Waals surface area contributed by atoms with Crippen LogP contribution in [0.15, 0.2) is 0 Å². The molecule has 0 aromatic carbocycles. The summed E-state index contributed by atoms with van der Waals surface area (Å²) in [7, 11) is 0. The Labute approximate surface area is 139 Å².